The number of amides is 2. The van der Waals surface area contributed by atoms with Crippen LogP contribution in [0.1, 0.15) is 41.4 Å². The topological polar surface area (TPSA) is 140 Å². The van der Waals surface area contributed by atoms with Gasteiger partial charge in [0.05, 0.1) is 23.8 Å². The van der Waals surface area contributed by atoms with E-state index in [1.165, 1.54) is 12.5 Å². The zero-order valence-electron chi connectivity index (χ0n) is 20.2. The largest absolute Gasteiger partial charge is 0.351 e. The Balaban J connectivity index is 1.53. The first-order chi connectivity index (χ1) is 16.9. The van der Waals surface area contributed by atoms with Gasteiger partial charge in [0.1, 0.15) is 18.1 Å². The maximum Gasteiger partial charge on any atom is 0.272 e. The third-order valence-electron chi connectivity index (χ3n) is 6.27. The number of likely N-dealkylation sites (tertiary alicyclic amines) is 1. The number of pyridine rings is 1. The molecule has 3 heterocycles. The number of carbonyl (C=O) groups is 2. The maximum absolute atomic E-state index is 13.4. The van der Waals surface area contributed by atoms with Gasteiger partial charge in [-0.05, 0) is 45.5 Å². The summed E-state index contributed by atoms with van der Waals surface area (Å²) in [5.74, 6) is -0.552. The molecule has 0 aromatic carbocycles. The molecule has 1 saturated carbocycles. The summed E-state index contributed by atoms with van der Waals surface area (Å²) in [6.45, 7) is 1.13. The molecule has 2 aromatic heterocycles. The van der Waals surface area contributed by atoms with Crippen molar-refractivity contribution >= 4 is 35.1 Å². The highest BCUT2D eigenvalue weighted by Crippen LogP contribution is 2.39. The quantitative estimate of drug-likeness (QED) is 0.465. The van der Waals surface area contributed by atoms with E-state index in [4.69, 9.17) is 5.41 Å². The molecule has 1 saturated heterocycles. The number of carbonyl (C=O) groups excluding carboxylic acids is 2. The first-order valence-electron chi connectivity index (χ1n) is 11.7. The lowest BCUT2D eigenvalue weighted by atomic mass is 10.1. The highest BCUT2D eigenvalue weighted by Gasteiger charge is 2.33. The van der Waals surface area contributed by atoms with Crippen LogP contribution in [0, 0.1) is 5.41 Å². The van der Waals surface area contributed by atoms with Crippen molar-refractivity contribution in [2.24, 2.45) is 4.99 Å². The zero-order valence-corrected chi connectivity index (χ0v) is 20.2. The van der Waals surface area contributed by atoms with Gasteiger partial charge in [-0.15, -0.1) is 0 Å². The van der Waals surface area contributed by atoms with Gasteiger partial charge in [-0.3, -0.25) is 20.0 Å². The van der Waals surface area contributed by atoms with E-state index in [1.54, 1.807) is 24.3 Å². The van der Waals surface area contributed by atoms with Crippen molar-refractivity contribution in [3.8, 4) is 0 Å². The molecule has 3 N–H and O–H groups in total. The summed E-state index contributed by atoms with van der Waals surface area (Å²) in [5.41, 5.74) is 1.90. The SMILES string of the molecule is CN=CC(NC(=O)c1nc(C2CC2)ccc1Nc1cncnc1)C(=N)C(=O)N1CCC(N(C)C)C1. The van der Waals surface area contributed by atoms with E-state index >= 15 is 0 Å². The van der Waals surface area contributed by atoms with Gasteiger partial charge >= 0.3 is 0 Å². The fourth-order valence-corrected chi connectivity index (χ4v) is 4.07. The smallest absolute Gasteiger partial charge is 0.272 e. The minimum absolute atomic E-state index is 0.182. The number of aromatic nitrogens is 3. The van der Waals surface area contributed by atoms with Crippen LogP contribution >= 0.6 is 0 Å². The number of likely N-dealkylation sites (N-methyl/N-ethyl adjacent to an activating group) is 1. The second-order valence-corrected chi connectivity index (χ2v) is 9.09. The Morgan fingerprint density at radius 2 is 1.97 bits per heavy atom. The number of anilines is 2. The second kappa shape index (κ2) is 10.7. The Hall–Kier alpha value is -3.73. The van der Waals surface area contributed by atoms with E-state index in [2.05, 4.69) is 35.5 Å². The molecule has 0 spiro atoms. The lowest BCUT2D eigenvalue weighted by Crippen LogP contribution is -2.49. The molecule has 4 rings (SSSR count). The molecule has 2 unspecified atom stereocenters. The molecule has 2 aromatic rings. The Labute approximate surface area is 204 Å². The summed E-state index contributed by atoms with van der Waals surface area (Å²) in [6, 6.07) is 3.00. The lowest BCUT2D eigenvalue weighted by Gasteiger charge is -2.23. The molecule has 0 radical (unpaired) electrons. The van der Waals surface area contributed by atoms with Gasteiger partial charge in [0, 0.05) is 44.0 Å². The number of nitrogens with one attached hydrogen (secondary N) is 3. The Bertz CT molecular complexity index is 1120. The van der Waals surface area contributed by atoms with Crippen LogP contribution in [0.4, 0.5) is 11.4 Å². The summed E-state index contributed by atoms with van der Waals surface area (Å²) in [7, 11) is 5.50. The number of rotatable bonds is 9. The minimum atomic E-state index is -0.974. The van der Waals surface area contributed by atoms with Crippen molar-refractivity contribution < 1.29 is 9.59 Å². The summed E-state index contributed by atoms with van der Waals surface area (Å²) in [6.07, 6.45) is 8.96. The van der Waals surface area contributed by atoms with Gasteiger partial charge < -0.3 is 20.4 Å². The predicted molar refractivity (Wildman–Crippen MR) is 134 cm³/mol. The van der Waals surface area contributed by atoms with Gasteiger partial charge in [0.15, 0.2) is 5.69 Å². The van der Waals surface area contributed by atoms with E-state index in [0.717, 1.165) is 25.0 Å². The van der Waals surface area contributed by atoms with Gasteiger partial charge in [0.2, 0.25) is 0 Å². The van der Waals surface area contributed by atoms with E-state index in [0.29, 0.717) is 30.4 Å². The number of aliphatic imine (C=N–C) groups is 1. The first-order valence-corrected chi connectivity index (χ1v) is 11.7. The van der Waals surface area contributed by atoms with E-state index in [9.17, 15) is 9.59 Å². The van der Waals surface area contributed by atoms with Crippen molar-refractivity contribution in [2.45, 2.75) is 37.3 Å². The van der Waals surface area contributed by atoms with Crippen molar-refractivity contribution in [3.63, 3.8) is 0 Å². The van der Waals surface area contributed by atoms with Crippen LogP contribution in [-0.2, 0) is 4.79 Å². The van der Waals surface area contributed by atoms with Gasteiger partial charge in [-0.25, -0.2) is 15.0 Å². The Morgan fingerprint density at radius 3 is 2.60 bits per heavy atom. The molecule has 11 nitrogen and oxygen atoms in total. The molecular formula is C24H31N9O2. The van der Waals surface area contributed by atoms with Crippen LogP contribution in [0.2, 0.25) is 0 Å². The molecule has 1 aliphatic heterocycles. The summed E-state index contributed by atoms with van der Waals surface area (Å²) >= 11 is 0. The molecule has 184 valence electrons. The molecule has 2 amide bonds. The number of hydrogen-bond donors (Lipinski definition) is 3. The fraction of sp³-hybridized carbons (Fsp3) is 0.458. The summed E-state index contributed by atoms with van der Waals surface area (Å²) in [4.78, 5) is 46.8. The molecule has 1 aliphatic carbocycles. The highest BCUT2D eigenvalue weighted by atomic mass is 16.2. The maximum atomic E-state index is 13.4. The Morgan fingerprint density at radius 1 is 1.23 bits per heavy atom. The van der Waals surface area contributed by atoms with E-state index in [1.807, 2.05) is 26.2 Å². The highest BCUT2D eigenvalue weighted by molar-refractivity contribution is 6.43. The first kappa shape index (κ1) is 24.4. The Kier molecular flexibility index (Phi) is 7.45. The molecule has 2 aliphatic rings. The van der Waals surface area contributed by atoms with Crippen molar-refractivity contribution in [1.29, 1.82) is 5.41 Å². The van der Waals surface area contributed by atoms with Crippen LogP contribution in [0.25, 0.3) is 0 Å². The predicted octanol–water partition coefficient (Wildman–Crippen LogP) is 1.47. The fourth-order valence-electron chi connectivity index (χ4n) is 4.07. The minimum Gasteiger partial charge on any atom is -0.351 e. The zero-order chi connectivity index (χ0) is 24.9. The van der Waals surface area contributed by atoms with Crippen LogP contribution in [0.15, 0.2) is 35.8 Å². The van der Waals surface area contributed by atoms with E-state index in [-0.39, 0.29) is 17.4 Å². The number of nitrogens with zero attached hydrogens (tertiary/aromatic N) is 6. The monoisotopic (exact) mass is 477 g/mol. The van der Waals surface area contributed by atoms with Gasteiger partial charge in [0.25, 0.3) is 11.8 Å². The van der Waals surface area contributed by atoms with Gasteiger partial charge in [-0.1, -0.05) is 0 Å². The third-order valence-corrected chi connectivity index (χ3v) is 6.27. The molecule has 0 bridgehead atoms. The van der Waals surface area contributed by atoms with Crippen molar-refractivity contribution in [2.75, 3.05) is 39.5 Å². The molecule has 2 atom stereocenters. The average molecular weight is 478 g/mol. The molecule has 35 heavy (non-hydrogen) atoms. The van der Waals surface area contributed by atoms with Crippen molar-refractivity contribution in [3.05, 3.63) is 42.2 Å². The van der Waals surface area contributed by atoms with Crippen LogP contribution < -0.4 is 10.6 Å². The third kappa shape index (κ3) is 5.86. The van der Waals surface area contributed by atoms with E-state index < -0.39 is 17.9 Å². The van der Waals surface area contributed by atoms with Crippen LogP contribution in [0.5, 0.6) is 0 Å². The second-order valence-electron chi connectivity index (χ2n) is 9.09. The normalized spacial score (nSPS) is 18.6. The van der Waals surface area contributed by atoms with Crippen LogP contribution in [-0.4, -0.2) is 94.8 Å². The molecule has 11 heteroatoms. The average Bonchev–Trinajstić information content (AvgIpc) is 3.59. The van der Waals surface area contributed by atoms with Gasteiger partial charge in [-0.2, -0.15) is 0 Å². The summed E-state index contributed by atoms with van der Waals surface area (Å²) in [5, 5.41) is 14.5. The number of hydrogen-bond acceptors (Lipinski definition) is 9. The molecular weight excluding hydrogens is 446 g/mol. The van der Waals surface area contributed by atoms with Crippen LogP contribution in [0.3, 0.4) is 0 Å². The standard InChI is InChI=1S/C24H31N9O2/c1-26-12-20(21(25)24(35)33-9-8-17(13-33)32(2)3)31-23(34)22-19(29-16-10-27-14-28-11-16)7-6-18(30-22)15-4-5-15/h6-7,10-12,14-15,17,20,25,29H,4-5,8-9,13H2,1-3H3,(H,31,34). The van der Waals surface area contributed by atoms with Crippen molar-refractivity contribution in [1.82, 2.24) is 30.1 Å². The summed E-state index contributed by atoms with van der Waals surface area (Å²) < 4.78 is 0. The molecule has 2 fully saturated rings. The lowest BCUT2D eigenvalue weighted by molar-refractivity contribution is -0.123.